The lowest BCUT2D eigenvalue weighted by atomic mass is 10.1. The van der Waals surface area contributed by atoms with Crippen molar-refractivity contribution in [2.24, 2.45) is 0 Å². The fourth-order valence-corrected chi connectivity index (χ4v) is 0.854. The second-order valence-electron chi connectivity index (χ2n) is 2.41. The van der Waals surface area contributed by atoms with Crippen LogP contribution in [0.25, 0.3) is 0 Å². The third-order valence-electron chi connectivity index (χ3n) is 1.46. The van der Waals surface area contributed by atoms with Crippen molar-refractivity contribution in [1.82, 2.24) is 0 Å². The van der Waals surface area contributed by atoms with Gasteiger partial charge in [-0.25, -0.2) is 0 Å². The summed E-state index contributed by atoms with van der Waals surface area (Å²) >= 11 is 0. The quantitative estimate of drug-likeness (QED) is 0.555. The van der Waals surface area contributed by atoms with Crippen LogP contribution in [0.4, 0.5) is 0 Å². The van der Waals surface area contributed by atoms with Crippen molar-refractivity contribution >= 4 is 0 Å². The third-order valence-corrected chi connectivity index (χ3v) is 1.46. The van der Waals surface area contributed by atoms with E-state index >= 15 is 0 Å². The van der Waals surface area contributed by atoms with Gasteiger partial charge in [0.15, 0.2) is 0 Å². The topological polar surface area (TPSA) is 0 Å². The van der Waals surface area contributed by atoms with E-state index in [1.165, 1.54) is 38.5 Å². The molecule has 0 radical (unpaired) electrons. The maximum absolute atomic E-state index is 2.26. The number of unbranched alkanes of at least 4 members (excludes halogenated alkanes) is 5. The summed E-state index contributed by atoms with van der Waals surface area (Å²) in [5, 5.41) is 0. The van der Waals surface area contributed by atoms with Gasteiger partial charge in [0.05, 0.1) is 0 Å². The molecule has 0 fully saturated rings. The van der Waals surface area contributed by atoms with Crippen molar-refractivity contribution in [2.45, 2.75) is 52.4 Å². The van der Waals surface area contributed by atoms with Crippen LogP contribution in [0.3, 0.4) is 0 Å². The highest BCUT2D eigenvalue weighted by Crippen LogP contribution is 2.03. The van der Waals surface area contributed by atoms with Crippen molar-refractivity contribution in [3.05, 3.63) is 0 Å². The molecule has 58 valence electrons. The van der Waals surface area contributed by atoms with Gasteiger partial charge < -0.3 is 17.0 Å². The zero-order valence-corrected chi connectivity index (χ0v) is 8.21. The molecule has 0 N–H and O–H groups in total. The van der Waals surface area contributed by atoms with Crippen LogP contribution in [-0.4, -0.2) is 0 Å². The van der Waals surface area contributed by atoms with Crippen LogP contribution in [0.1, 0.15) is 52.4 Å². The summed E-state index contributed by atoms with van der Waals surface area (Å²) < 4.78 is 0. The molecule has 0 saturated heterocycles. The Morgan fingerprint density at radius 2 is 1.00 bits per heavy atom. The molecular formula is C8H18Br-. The molecular weight excluding hydrogens is 176 g/mol. The standard InChI is InChI=1S/C8H18.BrH/c1-3-5-7-8-6-4-2;/h3-8H2,1-2H3;1H/p-1. The molecule has 0 bridgehead atoms. The molecule has 9 heavy (non-hydrogen) atoms. The first-order chi connectivity index (χ1) is 3.91. The summed E-state index contributed by atoms with van der Waals surface area (Å²) in [5.74, 6) is 0. The largest absolute Gasteiger partial charge is 1.00 e. The Labute approximate surface area is 69.8 Å². The molecule has 0 saturated carbocycles. The van der Waals surface area contributed by atoms with Crippen LogP contribution >= 0.6 is 0 Å². The van der Waals surface area contributed by atoms with E-state index in [9.17, 15) is 0 Å². The van der Waals surface area contributed by atoms with Gasteiger partial charge in [0.1, 0.15) is 0 Å². The van der Waals surface area contributed by atoms with Crippen LogP contribution in [0.15, 0.2) is 0 Å². The monoisotopic (exact) mass is 193 g/mol. The molecule has 0 aliphatic rings. The van der Waals surface area contributed by atoms with Gasteiger partial charge >= 0.3 is 0 Å². The van der Waals surface area contributed by atoms with E-state index in [4.69, 9.17) is 0 Å². The molecule has 0 aromatic rings. The minimum atomic E-state index is 0. The molecule has 0 aliphatic heterocycles. The zero-order chi connectivity index (χ0) is 6.24. The van der Waals surface area contributed by atoms with E-state index in [0.29, 0.717) is 0 Å². The number of hydrogen-bond donors (Lipinski definition) is 0. The highest BCUT2D eigenvalue weighted by Gasteiger charge is 1.83. The molecule has 0 atom stereocenters. The Kier molecular flexibility index (Phi) is 15.3. The SMILES string of the molecule is CCCCCCCC.[Br-]. The molecule has 0 aromatic carbocycles. The Balaban J connectivity index is 0. The van der Waals surface area contributed by atoms with Gasteiger partial charge in [-0.3, -0.25) is 0 Å². The van der Waals surface area contributed by atoms with Crippen molar-refractivity contribution < 1.29 is 17.0 Å². The first-order valence-electron chi connectivity index (χ1n) is 3.91. The van der Waals surface area contributed by atoms with Gasteiger partial charge in [-0.05, 0) is 0 Å². The number of halogens is 1. The highest BCUT2D eigenvalue weighted by atomic mass is 79.9. The average molecular weight is 194 g/mol. The second kappa shape index (κ2) is 11.3. The number of rotatable bonds is 5. The summed E-state index contributed by atoms with van der Waals surface area (Å²) in [5.41, 5.74) is 0. The van der Waals surface area contributed by atoms with Crippen LogP contribution in [-0.2, 0) is 0 Å². The predicted octanol–water partition coefficient (Wildman–Crippen LogP) is 0.371. The van der Waals surface area contributed by atoms with Crippen molar-refractivity contribution in [2.75, 3.05) is 0 Å². The first-order valence-corrected chi connectivity index (χ1v) is 3.91. The van der Waals surface area contributed by atoms with Gasteiger partial charge in [-0.1, -0.05) is 52.4 Å². The highest BCUT2D eigenvalue weighted by molar-refractivity contribution is 4.39. The predicted molar refractivity (Wildman–Crippen MR) is 39.0 cm³/mol. The Morgan fingerprint density at radius 1 is 0.667 bits per heavy atom. The summed E-state index contributed by atoms with van der Waals surface area (Å²) in [6.45, 7) is 4.51. The van der Waals surface area contributed by atoms with Crippen LogP contribution in [0.5, 0.6) is 0 Å². The zero-order valence-electron chi connectivity index (χ0n) is 6.62. The number of hydrogen-bond acceptors (Lipinski definition) is 0. The van der Waals surface area contributed by atoms with Gasteiger partial charge in [-0.15, -0.1) is 0 Å². The molecule has 0 aromatic heterocycles. The minimum Gasteiger partial charge on any atom is -1.00 e. The summed E-state index contributed by atoms with van der Waals surface area (Å²) in [4.78, 5) is 0. The van der Waals surface area contributed by atoms with Gasteiger partial charge in [0.25, 0.3) is 0 Å². The fourth-order valence-electron chi connectivity index (χ4n) is 0.854. The van der Waals surface area contributed by atoms with E-state index in [1.54, 1.807) is 0 Å². The Hall–Kier alpha value is 0.480. The second-order valence-corrected chi connectivity index (χ2v) is 2.41. The van der Waals surface area contributed by atoms with Gasteiger partial charge in [0.2, 0.25) is 0 Å². The maximum atomic E-state index is 2.26. The summed E-state index contributed by atoms with van der Waals surface area (Å²) in [6.07, 6.45) is 8.49. The smallest absolute Gasteiger partial charge is 0.0533 e. The lowest BCUT2D eigenvalue weighted by molar-refractivity contribution is -0.00000192. The van der Waals surface area contributed by atoms with E-state index in [1.807, 2.05) is 0 Å². The normalized spacial score (nSPS) is 8.67. The first kappa shape index (κ1) is 12.2. The van der Waals surface area contributed by atoms with E-state index < -0.39 is 0 Å². The molecule has 0 heterocycles. The fraction of sp³-hybridized carbons (Fsp3) is 1.00. The summed E-state index contributed by atoms with van der Waals surface area (Å²) in [7, 11) is 0. The minimum absolute atomic E-state index is 0. The van der Waals surface area contributed by atoms with Crippen molar-refractivity contribution in [1.29, 1.82) is 0 Å². The molecule has 0 nitrogen and oxygen atoms in total. The Bertz CT molecular complexity index is 29.5. The molecule has 0 unspecified atom stereocenters. The molecule has 0 rings (SSSR count). The van der Waals surface area contributed by atoms with Crippen LogP contribution < -0.4 is 17.0 Å². The van der Waals surface area contributed by atoms with E-state index in [0.717, 1.165) is 0 Å². The maximum Gasteiger partial charge on any atom is -0.0533 e. The summed E-state index contributed by atoms with van der Waals surface area (Å²) in [6, 6.07) is 0. The van der Waals surface area contributed by atoms with Crippen LogP contribution in [0.2, 0.25) is 0 Å². The van der Waals surface area contributed by atoms with Crippen molar-refractivity contribution in [3.8, 4) is 0 Å². The van der Waals surface area contributed by atoms with Gasteiger partial charge in [-0.2, -0.15) is 0 Å². The molecule has 0 aliphatic carbocycles. The lowest BCUT2D eigenvalue weighted by Gasteiger charge is -1.93. The van der Waals surface area contributed by atoms with E-state index in [-0.39, 0.29) is 17.0 Å². The van der Waals surface area contributed by atoms with Gasteiger partial charge in [0, 0.05) is 0 Å². The average Bonchev–Trinajstić information content (AvgIpc) is 1.81. The van der Waals surface area contributed by atoms with Crippen molar-refractivity contribution in [3.63, 3.8) is 0 Å². The molecule has 1 heteroatoms. The lowest BCUT2D eigenvalue weighted by Crippen LogP contribution is -3.00. The van der Waals surface area contributed by atoms with E-state index in [2.05, 4.69) is 13.8 Å². The molecule has 0 spiro atoms. The Morgan fingerprint density at radius 3 is 1.22 bits per heavy atom. The third kappa shape index (κ3) is 11.9. The van der Waals surface area contributed by atoms with Crippen LogP contribution in [0, 0.1) is 0 Å². The molecule has 0 amide bonds.